The maximum Gasteiger partial charge on any atom is -0.0414 e. The van der Waals surface area contributed by atoms with E-state index in [1.807, 2.05) is 0 Å². The van der Waals surface area contributed by atoms with E-state index in [0.29, 0.717) is 0 Å². The Hall–Kier alpha value is 0.430. The van der Waals surface area contributed by atoms with E-state index in [0.717, 1.165) is 11.8 Å². The second kappa shape index (κ2) is 5.22. The molecule has 0 nitrogen and oxygen atoms in total. The number of rotatable bonds is 0. The minimum Gasteiger partial charge on any atom is -0.153 e. The monoisotopic (exact) mass is 186 g/mol. The Morgan fingerprint density at radius 2 is 0.750 bits per heavy atom. The van der Waals surface area contributed by atoms with Gasteiger partial charge in [-0.15, -0.1) is 0 Å². The molecule has 0 saturated heterocycles. The molecule has 0 aromatic carbocycles. The lowest BCUT2D eigenvalue weighted by atomic mass is 9.78. The van der Waals surface area contributed by atoms with E-state index < -0.39 is 0 Å². The quantitative estimate of drug-likeness (QED) is 0.504. The fraction of sp³-hybridized carbons (Fsp3) is 1.00. The molecule has 12 heavy (non-hydrogen) atoms. The van der Waals surface area contributed by atoms with Crippen molar-refractivity contribution in [1.29, 1.82) is 0 Å². The molecular formula is C11H23P. The van der Waals surface area contributed by atoms with E-state index in [1.165, 1.54) is 19.3 Å². The summed E-state index contributed by atoms with van der Waals surface area (Å²) >= 11 is 0. The summed E-state index contributed by atoms with van der Waals surface area (Å²) in [5.41, 5.74) is 0. The topological polar surface area (TPSA) is 0 Å². The van der Waals surface area contributed by atoms with Crippen LogP contribution in [0.25, 0.3) is 0 Å². The van der Waals surface area contributed by atoms with E-state index in [9.17, 15) is 0 Å². The van der Waals surface area contributed by atoms with Gasteiger partial charge >= 0.3 is 0 Å². The maximum atomic E-state index is 1.55. The Kier molecular flexibility index (Phi) is 4.57. The minimum atomic E-state index is 0. The van der Waals surface area contributed by atoms with Crippen LogP contribution in [0.4, 0.5) is 0 Å². The van der Waals surface area contributed by atoms with Crippen molar-refractivity contribution < 1.29 is 0 Å². The Bertz CT molecular complexity index is 86.4. The van der Waals surface area contributed by atoms with Gasteiger partial charge < -0.3 is 0 Å². The highest BCUT2D eigenvalue weighted by molar-refractivity contribution is 6.92. The van der Waals surface area contributed by atoms with Crippen LogP contribution in [-0.2, 0) is 0 Å². The van der Waals surface area contributed by atoms with Crippen molar-refractivity contribution in [2.45, 2.75) is 57.8 Å². The van der Waals surface area contributed by atoms with E-state index in [1.54, 1.807) is 38.5 Å². The molecule has 0 aliphatic heterocycles. The summed E-state index contributed by atoms with van der Waals surface area (Å²) < 4.78 is 0. The van der Waals surface area contributed by atoms with Crippen LogP contribution in [0.2, 0.25) is 0 Å². The molecule has 0 heterocycles. The Labute approximate surface area is 80.1 Å². The van der Waals surface area contributed by atoms with Gasteiger partial charge in [0.15, 0.2) is 0 Å². The average molecular weight is 186 g/mol. The lowest BCUT2D eigenvalue weighted by Crippen LogP contribution is -2.14. The molecule has 3 aliphatic carbocycles. The summed E-state index contributed by atoms with van der Waals surface area (Å²) in [6.07, 6.45) is 13.9. The summed E-state index contributed by atoms with van der Waals surface area (Å²) in [7, 11) is 0. The molecule has 0 amide bonds. The smallest absolute Gasteiger partial charge is 0.0414 e. The average Bonchev–Trinajstić information content (AvgIpc) is 1.80. The Morgan fingerprint density at radius 3 is 1.00 bits per heavy atom. The highest BCUT2D eigenvalue weighted by atomic mass is 31.0. The molecule has 3 rings (SSSR count). The molecule has 1 atom stereocenters. The van der Waals surface area contributed by atoms with Crippen molar-refractivity contribution in [2.24, 2.45) is 11.8 Å². The van der Waals surface area contributed by atoms with Crippen LogP contribution in [0.3, 0.4) is 0 Å². The van der Waals surface area contributed by atoms with Gasteiger partial charge in [-0.25, -0.2) is 0 Å². The zero-order chi connectivity index (χ0) is 7.52. The molecule has 3 saturated carbocycles. The molecule has 0 radical (unpaired) electrons. The first kappa shape index (κ1) is 10.5. The molecule has 0 N–H and O–H groups in total. The molecular weight excluding hydrogens is 163 g/mol. The van der Waals surface area contributed by atoms with E-state index in [-0.39, 0.29) is 9.90 Å². The summed E-state index contributed by atoms with van der Waals surface area (Å²) in [5, 5.41) is 0. The summed E-state index contributed by atoms with van der Waals surface area (Å²) in [6, 6.07) is 0. The highest BCUT2D eigenvalue weighted by Gasteiger charge is 2.20. The van der Waals surface area contributed by atoms with Gasteiger partial charge in [-0.3, -0.25) is 0 Å². The minimum absolute atomic E-state index is 0. The van der Waals surface area contributed by atoms with Gasteiger partial charge in [-0.05, 0) is 11.8 Å². The predicted octanol–water partition coefficient (Wildman–Crippen LogP) is 3.82. The maximum absolute atomic E-state index is 1.55. The standard InChI is InChI=1S/C11H20.H3P/c1-4-10-6-2-7-11(5-1)9-3-8-10;/h10-11H,1-9H2;1H3. The third kappa shape index (κ3) is 2.73. The first-order valence-electron chi connectivity index (χ1n) is 5.45. The molecule has 3 aliphatic rings. The van der Waals surface area contributed by atoms with Gasteiger partial charge in [0, 0.05) is 0 Å². The van der Waals surface area contributed by atoms with E-state index >= 15 is 0 Å². The van der Waals surface area contributed by atoms with Crippen LogP contribution in [-0.4, -0.2) is 0 Å². The molecule has 1 heteroatoms. The summed E-state index contributed by atoms with van der Waals surface area (Å²) in [5.74, 6) is 2.24. The fourth-order valence-corrected chi connectivity index (χ4v) is 2.95. The SMILES string of the molecule is C1CC2CCCC(C1)CCC2.P. The second-order valence-corrected chi connectivity index (χ2v) is 4.52. The van der Waals surface area contributed by atoms with Crippen LogP contribution in [0.5, 0.6) is 0 Å². The van der Waals surface area contributed by atoms with Crippen LogP contribution in [0, 0.1) is 11.8 Å². The number of fused-ring (bicyclic) bond motifs is 6. The summed E-state index contributed by atoms with van der Waals surface area (Å²) in [4.78, 5) is 0. The van der Waals surface area contributed by atoms with E-state index in [4.69, 9.17) is 0 Å². The van der Waals surface area contributed by atoms with Gasteiger partial charge in [0.1, 0.15) is 0 Å². The lowest BCUT2D eigenvalue weighted by Gasteiger charge is -2.28. The first-order valence-corrected chi connectivity index (χ1v) is 5.45. The van der Waals surface area contributed by atoms with Gasteiger partial charge in [0.2, 0.25) is 0 Å². The number of hydrogen-bond acceptors (Lipinski definition) is 0. The van der Waals surface area contributed by atoms with E-state index in [2.05, 4.69) is 0 Å². The molecule has 2 bridgehead atoms. The van der Waals surface area contributed by atoms with Gasteiger partial charge in [-0.2, -0.15) is 9.90 Å². The molecule has 0 spiro atoms. The molecule has 3 fully saturated rings. The highest BCUT2D eigenvalue weighted by Crippen LogP contribution is 2.35. The van der Waals surface area contributed by atoms with Crippen molar-refractivity contribution in [3.8, 4) is 0 Å². The van der Waals surface area contributed by atoms with Crippen molar-refractivity contribution in [2.75, 3.05) is 0 Å². The van der Waals surface area contributed by atoms with Crippen molar-refractivity contribution in [3.63, 3.8) is 0 Å². The predicted molar refractivity (Wildman–Crippen MR) is 59.6 cm³/mol. The van der Waals surface area contributed by atoms with Crippen LogP contribution in [0.1, 0.15) is 57.8 Å². The van der Waals surface area contributed by atoms with Gasteiger partial charge in [0.05, 0.1) is 0 Å². The zero-order valence-electron chi connectivity index (χ0n) is 8.23. The zero-order valence-corrected chi connectivity index (χ0v) is 9.64. The Balaban J connectivity index is 0.000000720. The third-order valence-electron chi connectivity index (χ3n) is 3.67. The van der Waals surface area contributed by atoms with Crippen molar-refractivity contribution >= 4 is 9.90 Å². The van der Waals surface area contributed by atoms with Crippen LogP contribution >= 0.6 is 9.90 Å². The largest absolute Gasteiger partial charge is 0.153 e. The number of hydrogen-bond donors (Lipinski definition) is 0. The molecule has 0 aromatic rings. The van der Waals surface area contributed by atoms with Crippen molar-refractivity contribution in [1.82, 2.24) is 0 Å². The molecule has 72 valence electrons. The lowest BCUT2D eigenvalue weighted by molar-refractivity contribution is 0.247. The van der Waals surface area contributed by atoms with Crippen molar-refractivity contribution in [3.05, 3.63) is 0 Å². The second-order valence-electron chi connectivity index (χ2n) is 4.52. The van der Waals surface area contributed by atoms with Crippen LogP contribution < -0.4 is 0 Å². The molecule has 1 unspecified atom stereocenters. The Morgan fingerprint density at radius 1 is 0.500 bits per heavy atom. The molecule has 0 aromatic heterocycles. The fourth-order valence-electron chi connectivity index (χ4n) is 2.95. The van der Waals surface area contributed by atoms with Gasteiger partial charge in [0.25, 0.3) is 0 Å². The normalized spacial score (nSPS) is 36.0. The first-order chi connectivity index (χ1) is 5.45. The van der Waals surface area contributed by atoms with Crippen LogP contribution in [0.15, 0.2) is 0 Å². The third-order valence-corrected chi connectivity index (χ3v) is 3.67. The summed E-state index contributed by atoms with van der Waals surface area (Å²) in [6.45, 7) is 0. The van der Waals surface area contributed by atoms with Gasteiger partial charge in [-0.1, -0.05) is 57.8 Å².